The molecule has 0 saturated heterocycles. The lowest BCUT2D eigenvalue weighted by molar-refractivity contribution is -0.161. The monoisotopic (exact) mass is 1460 g/mol. The van der Waals surface area contributed by atoms with Crippen molar-refractivity contribution in [2.75, 3.05) is 39.6 Å². The van der Waals surface area contributed by atoms with Crippen LogP contribution in [0.4, 0.5) is 0 Å². The molecule has 0 heterocycles. The van der Waals surface area contributed by atoms with E-state index in [0.29, 0.717) is 32.1 Å². The number of rotatable bonds is 68. The Morgan fingerprint density at radius 1 is 0.284 bits per heavy atom. The van der Waals surface area contributed by atoms with Crippen molar-refractivity contribution in [2.45, 2.75) is 264 Å². The molecule has 0 aromatic carbocycles. The molecule has 0 radical (unpaired) electrons. The van der Waals surface area contributed by atoms with Crippen LogP contribution in [-0.4, -0.2) is 96.7 Å². The fourth-order valence-corrected chi connectivity index (χ4v) is 10.6. The van der Waals surface area contributed by atoms with Crippen molar-refractivity contribution < 1.29 is 80.2 Å². The fourth-order valence-electron chi connectivity index (χ4n) is 8.99. The minimum Gasteiger partial charge on any atom is -0.462 e. The molecule has 0 aromatic heterocycles. The SMILES string of the molecule is CC/C=C\C/C=C\C/C=C\C/C=C\C/C=C\CC(=O)OCC(COP(=O)(O)OCC(O)COP(=O)(O)OCC(COC(=O)CCCCCC/C=C\C/C=C\C/C=C\C/C=C\CC)OC(=O)CCCCCCC/C=C\C/C=C\C/C=C\CC)OC(=O)CCCC/C=C\C/C=C\C/C=C\C/C=C\CC. The van der Waals surface area contributed by atoms with Crippen molar-refractivity contribution in [1.82, 2.24) is 0 Å². The maximum atomic E-state index is 13.1. The molecule has 0 rings (SSSR count). The molecule has 102 heavy (non-hydrogen) atoms. The second kappa shape index (κ2) is 73.2. The third-order valence-electron chi connectivity index (χ3n) is 14.6. The van der Waals surface area contributed by atoms with Crippen LogP contribution < -0.4 is 0 Å². The van der Waals surface area contributed by atoms with Gasteiger partial charge in [-0.25, -0.2) is 9.13 Å². The molecule has 0 bridgehead atoms. The maximum absolute atomic E-state index is 13.1. The Balaban J connectivity index is 5.52. The van der Waals surface area contributed by atoms with Gasteiger partial charge in [-0.2, -0.15) is 0 Å². The highest BCUT2D eigenvalue weighted by Crippen LogP contribution is 2.45. The Labute approximate surface area is 615 Å². The Kier molecular flexibility index (Phi) is 68.8. The van der Waals surface area contributed by atoms with Crippen molar-refractivity contribution in [3.8, 4) is 0 Å². The van der Waals surface area contributed by atoms with Crippen LogP contribution >= 0.6 is 15.6 Å². The van der Waals surface area contributed by atoms with Crippen LogP contribution in [0.1, 0.15) is 246 Å². The Morgan fingerprint density at radius 3 is 0.843 bits per heavy atom. The van der Waals surface area contributed by atoms with E-state index in [-0.39, 0.29) is 25.7 Å². The average Bonchev–Trinajstić information content (AvgIpc) is 0.926. The highest BCUT2D eigenvalue weighted by molar-refractivity contribution is 7.47. The van der Waals surface area contributed by atoms with Crippen molar-refractivity contribution >= 4 is 39.5 Å². The summed E-state index contributed by atoms with van der Waals surface area (Å²) in [6.07, 6.45) is 88.9. The lowest BCUT2D eigenvalue weighted by Gasteiger charge is -2.21. The number of ether oxygens (including phenoxy) is 4. The van der Waals surface area contributed by atoms with Crippen LogP contribution in [0.5, 0.6) is 0 Å². The Hall–Kier alpha value is -6.10. The predicted octanol–water partition coefficient (Wildman–Crippen LogP) is 21.8. The molecule has 0 aromatic rings. The zero-order valence-electron chi connectivity index (χ0n) is 62.4. The van der Waals surface area contributed by atoms with Crippen molar-refractivity contribution in [2.24, 2.45) is 0 Å². The van der Waals surface area contributed by atoms with Crippen LogP contribution in [0.2, 0.25) is 0 Å². The first-order chi connectivity index (χ1) is 49.7. The molecule has 0 fully saturated rings. The molecular formula is C83H130O17P2. The first-order valence-electron chi connectivity index (χ1n) is 37.7. The molecule has 0 spiro atoms. The molecule has 3 N–H and O–H groups in total. The number of allylic oxidation sites excluding steroid dienone is 31. The molecule has 19 heteroatoms. The largest absolute Gasteiger partial charge is 0.472 e. The van der Waals surface area contributed by atoms with Gasteiger partial charge in [-0.05, 0) is 161 Å². The predicted molar refractivity (Wildman–Crippen MR) is 417 cm³/mol. The van der Waals surface area contributed by atoms with Gasteiger partial charge >= 0.3 is 39.5 Å². The summed E-state index contributed by atoms with van der Waals surface area (Å²) in [5.74, 6) is -2.44. The molecule has 0 amide bonds. The van der Waals surface area contributed by atoms with Gasteiger partial charge in [-0.15, -0.1) is 0 Å². The maximum Gasteiger partial charge on any atom is 0.472 e. The molecule has 17 nitrogen and oxygen atoms in total. The fraction of sp³-hybridized carbons (Fsp3) is 0.566. The van der Waals surface area contributed by atoms with Crippen LogP contribution in [0.15, 0.2) is 194 Å². The summed E-state index contributed by atoms with van der Waals surface area (Å²) >= 11 is 0. The number of hydrogen-bond donors (Lipinski definition) is 3. The topological polar surface area (TPSA) is 237 Å². The van der Waals surface area contributed by atoms with Crippen molar-refractivity contribution in [3.05, 3.63) is 194 Å². The lowest BCUT2D eigenvalue weighted by Crippen LogP contribution is -2.30. The highest BCUT2D eigenvalue weighted by Gasteiger charge is 2.30. The molecule has 0 saturated carbocycles. The van der Waals surface area contributed by atoms with Crippen LogP contribution in [-0.2, 0) is 65.4 Å². The van der Waals surface area contributed by atoms with Crippen LogP contribution in [0, 0.1) is 0 Å². The standard InChI is InChI=1S/C83H130O17P2/c1-5-9-13-17-21-25-29-33-37-38-42-44-48-52-56-60-64-68-81(86)94-74-79(100-83(88)70-66-62-58-54-50-46-41-36-32-28-24-20-16-12-8-4)76-98-102(91,92)96-72-77(84)71-95-101(89,90)97-75-78(99-82(87)69-65-61-57-53-49-45-40-35-31-27-23-19-15-11-7-3)73-93-80(85)67-63-59-55-51-47-43-39-34-30-26-22-18-14-10-6-2/h9-16,21-28,33-37,39-42,44,47,49,51,53,59,63,77-79,84H,5-8,17-20,29-32,38,43,45-46,48,50,52,54-58,60-62,64-76H2,1-4H3,(H,89,90)(H,91,92)/b13-9-,14-10-,15-11-,16-12-,25-21-,26-22-,27-23-,28-24-,37-33-,39-34-,40-35-,41-36-,44-42-,51-47-,53-49-,63-59-. The summed E-state index contributed by atoms with van der Waals surface area (Å²) in [6.45, 7) is 4.16. The second-order valence-electron chi connectivity index (χ2n) is 24.1. The summed E-state index contributed by atoms with van der Waals surface area (Å²) < 4.78 is 68.3. The molecule has 5 atom stereocenters. The van der Waals surface area contributed by atoms with Crippen molar-refractivity contribution in [3.63, 3.8) is 0 Å². The van der Waals surface area contributed by atoms with Gasteiger partial charge in [0.2, 0.25) is 0 Å². The number of hydrogen-bond acceptors (Lipinski definition) is 15. The number of aliphatic hydroxyl groups is 1. The van der Waals surface area contributed by atoms with E-state index in [2.05, 4.69) is 192 Å². The smallest absolute Gasteiger partial charge is 0.462 e. The Bertz CT molecular complexity index is 2700. The third kappa shape index (κ3) is 72.3. The van der Waals surface area contributed by atoms with Gasteiger partial charge in [0.05, 0.1) is 32.8 Å². The van der Waals surface area contributed by atoms with E-state index < -0.39 is 97.5 Å². The molecule has 0 aliphatic heterocycles. The average molecular weight is 1460 g/mol. The number of carbonyl (C=O) groups is 4. The van der Waals surface area contributed by atoms with Gasteiger partial charge in [0.15, 0.2) is 12.2 Å². The highest BCUT2D eigenvalue weighted by atomic mass is 31.2. The first-order valence-corrected chi connectivity index (χ1v) is 40.7. The summed E-state index contributed by atoms with van der Waals surface area (Å²) in [7, 11) is -10.0. The first kappa shape index (κ1) is 95.9. The molecular weight excluding hydrogens is 1330 g/mol. The molecule has 0 aliphatic carbocycles. The minimum atomic E-state index is -5.02. The van der Waals surface area contributed by atoms with E-state index in [4.69, 9.17) is 37.0 Å². The van der Waals surface area contributed by atoms with E-state index in [1.54, 1.807) is 6.08 Å². The minimum absolute atomic E-state index is 0.0144. The zero-order chi connectivity index (χ0) is 74.6. The summed E-state index contributed by atoms with van der Waals surface area (Å²) in [6, 6.07) is 0. The molecule has 574 valence electrons. The summed E-state index contributed by atoms with van der Waals surface area (Å²) in [5.41, 5.74) is 0. The van der Waals surface area contributed by atoms with Gasteiger partial charge < -0.3 is 33.8 Å². The van der Waals surface area contributed by atoms with Gasteiger partial charge in [0.25, 0.3) is 0 Å². The lowest BCUT2D eigenvalue weighted by atomic mass is 10.1. The number of carbonyl (C=O) groups excluding carboxylic acids is 4. The normalized spacial score (nSPS) is 15.0. The van der Waals surface area contributed by atoms with Crippen LogP contribution in [0.3, 0.4) is 0 Å². The summed E-state index contributed by atoms with van der Waals surface area (Å²) in [5, 5.41) is 10.6. The summed E-state index contributed by atoms with van der Waals surface area (Å²) in [4.78, 5) is 72.8. The molecule has 0 aliphatic rings. The number of unbranched alkanes of at least 4 members (excludes halogenated alkanes) is 11. The number of esters is 4. The number of phosphoric ester groups is 2. The van der Waals surface area contributed by atoms with E-state index in [0.717, 1.165) is 161 Å². The van der Waals surface area contributed by atoms with E-state index >= 15 is 0 Å². The van der Waals surface area contributed by atoms with Crippen LogP contribution in [0.25, 0.3) is 0 Å². The van der Waals surface area contributed by atoms with Gasteiger partial charge in [-0.3, -0.25) is 37.3 Å². The van der Waals surface area contributed by atoms with Crippen molar-refractivity contribution in [1.29, 1.82) is 0 Å². The quantitative estimate of drug-likeness (QED) is 0.0169. The molecule has 5 unspecified atom stereocenters. The van der Waals surface area contributed by atoms with E-state index in [1.807, 2.05) is 24.3 Å². The second-order valence-corrected chi connectivity index (χ2v) is 27.0. The van der Waals surface area contributed by atoms with E-state index in [1.165, 1.54) is 0 Å². The Morgan fingerprint density at radius 2 is 0.520 bits per heavy atom. The zero-order valence-corrected chi connectivity index (χ0v) is 64.2. The van der Waals surface area contributed by atoms with Gasteiger partial charge in [0, 0.05) is 19.3 Å². The van der Waals surface area contributed by atoms with Gasteiger partial charge in [-0.1, -0.05) is 254 Å². The third-order valence-corrected chi connectivity index (χ3v) is 16.5. The van der Waals surface area contributed by atoms with E-state index in [9.17, 15) is 43.2 Å². The number of aliphatic hydroxyl groups excluding tert-OH is 1. The number of phosphoric acid groups is 2. The van der Waals surface area contributed by atoms with Gasteiger partial charge in [0.1, 0.15) is 19.3 Å².